The van der Waals surface area contributed by atoms with Crippen LogP contribution in [0.2, 0.25) is 0 Å². The van der Waals surface area contributed by atoms with Crippen LogP contribution in [0.4, 0.5) is 5.69 Å². The predicted octanol–water partition coefficient (Wildman–Crippen LogP) is 5.47. The van der Waals surface area contributed by atoms with Crippen molar-refractivity contribution in [2.75, 3.05) is 19.5 Å². The van der Waals surface area contributed by atoms with Crippen molar-refractivity contribution in [2.45, 2.75) is 6.61 Å². The smallest absolute Gasteiger partial charge is 0.337 e. The Morgan fingerprint density at radius 1 is 0.788 bits per heavy atom. The van der Waals surface area contributed by atoms with E-state index in [-0.39, 0.29) is 12.5 Å². The van der Waals surface area contributed by atoms with Gasteiger partial charge in [0.05, 0.1) is 19.8 Å². The van der Waals surface area contributed by atoms with E-state index in [1.807, 2.05) is 42.5 Å². The number of nitrogens with one attached hydrogen (secondary N) is 1. The van der Waals surface area contributed by atoms with E-state index in [0.29, 0.717) is 22.6 Å². The van der Waals surface area contributed by atoms with Crippen LogP contribution in [0.15, 0.2) is 84.9 Å². The van der Waals surface area contributed by atoms with Gasteiger partial charge in [0.2, 0.25) is 0 Å². The zero-order valence-corrected chi connectivity index (χ0v) is 18.3. The lowest BCUT2D eigenvalue weighted by Gasteiger charge is -2.14. The van der Waals surface area contributed by atoms with Gasteiger partial charge in [-0.15, -0.1) is 0 Å². The van der Waals surface area contributed by atoms with Gasteiger partial charge in [0.25, 0.3) is 5.91 Å². The van der Waals surface area contributed by atoms with Gasteiger partial charge in [-0.25, -0.2) is 4.79 Å². The molecule has 0 aliphatic rings. The maximum absolute atomic E-state index is 12.8. The van der Waals surface area contributed by atoms with Crippen molar-refractivity contribution in [1.82, 2.24) is 0 Å². The number of anilines is 1. The summed E-state index contributed by atoms with van der Waals surface area (Å²) in [5, 5.41) is 4.94. The van der Waals surface area contributed by atoms with Crippen molar-refractivity contribution < 1.29 is 23.8 Å². The predicted molar refractivity (Wildman–Crippen MR) is 127 cm³/mol. The van der Waals surface area contributed by atoms with Crippen molar-refractivity contribution in [3.8, 4) is 11.5 Å². The first-order valence-corrected chi connectivity index (χ1v) is 10.4. The van der Waals surface area contributed by atoms with Gasteiger partial charge < -0.3 is 19.5 Å². The molecule has 4 aromatic carbocycles. The molecule has 0 unspecified atom stereocenters. The Kier molecular flexibility index (Phi) is 6.55. The molecule has 33 heavy (non-hydrogen) atoms. The summed E-state index contributed by atoms with van der Waals surface area (Å²) in [6, 6.07) is 25.6. The van der Waals surface area contributed by atoms with Crippen LogP contribution < -0.4 is 14.8 Å². The Hall–Kier alpha value is -4.32. The lowest BCUT2D eigenvalue weighted by Crippen LogP contribution is -2.13. The normalized spacial score (nSPS) is 10.5. The van der Waals surface area contributed by atoms with Gasteiger partial charge in [-0.3, -0.25) is 4.79 Å². The molecule has 0 fully saturated rings. The molecule has 0 radical (unpaired) electrons. The molecule has 0 aromatic heterocycles. The lowest BCUT2D eigenvalue weighted by atomic mass is 10.1. The van der Waals surface area contributed by atoms with E-state index in [9.17, 15) is 9.59 Å². The summed E-state index contributed by atoms with van der Waals surface area (Å²) in [5.74, 6) is 0.679. The molecular weight excluding hydrogens is 418 g/mol. The van der Waals surface area contributed by atoms with Crippen LogP contribution >= 0.6 is 0 Å². The first kappa shape index (κ1) is 21.9. The summed E-state index contributed by atoms with van der Waals surface area (Å²) in [4.78, 5) is 24.4. The average molecular weight is 441 g/mol. The highest BCUT2D eigenvalue weighted by atomic mass is 16.5. The van der Waals surface area contributed by atoms with Crippen LogP contribution in [0.1, 0.15) is 26.3 Å². The zero-order valence-electron chi connectivity index (χ0n) is 18.3. The Balaban J connectivity index is 1.51. The number of rotatable bonds is 7. The highest BCUT2D eigenvalue weighted by molar-refractivity contribution is 6.04. The molecule has 4 rings (SSSR count). The number of methoxy groups -OCH3 is 2. The second kappa shape index (κ2) is 9.87. The zero-order chi connectivity index (χ0) is 23.2. The van der Waals surface area contributed by atoms with E-state index in [4.69, 9.17) is 14.2 Å². The van der Waals surface area contributed by atoms with E-state index >= 15 is 0 Å². The molecule has 0 spiro atoms. The second-order valence-corrected chi connectivity index (χ2v) is 7.32. The number of hydrogen-bond donors (Lipinski definition) is 1. The Bertz CT molecular complexity index is 1290. The number of ether oxygens (including phenoxy) is 3. The molecule has 6 nitrogen and oxygen atoms in total. The summed E-state index contributed by atoms with van der Waals surface area (Å²) in [6.07, 6.45) is 0. The minimum atomic E-state index is -0.432. The maximum Gasteiger partial charge on any atom is 0.337 e. The molecule has 1 amide bonds. The minimum Gasteiger partial charge on any atom is -0.496 e. The second-order valence-electron chi connectivity index (χ2n) is 7.32. The fourth-order valence-corrected chi connectivity index (χ4v) is 3.52. The van der Waals surface area contributed by atoms with Crippen molar-refractivity contribution in [3.63, 3.8) is 0 Å². The van der Waals surface area contributed by atoms with Crippen LogP contribution in [0, 0.1) is 0 Å². The average Bonchev–Trinajstić information content (AvgIpc) is 2.87. The van der Waals surface area contributed by atoms with Crippen LogP contribution in [0.5, 0.6) is 11.5 Å². The van der Waals surface area contributed by atoms with E-state index in [0.717, 1.165) is 22.1 Å². The van der Waals surface area contributed by atoms with Gasteiger partial charge in [0.15, 0.2) is 0 Å². The fourth-order valence-electron chi connectivity index (χ4n) is 3.52. The third-order valence-corrected chi connectivity index (χ3v) is 5.24. The number of carbonyl (C=O) groups excluding carboxylic acids is 2. The first-order valence-electron chi connectivity index (χ1n) is 10.4. The number of benzene rings is 4. The molecule has 0 aliphatic heterocycles. The van der Waals surface area contributed by atoms with E-state index in [2.05, 4.69) is 5.32 Å². The summed E-state index contributed by atoms with van der Waals surface area (Å²) in [6.45, 7) is 0.242. The summed E-state index contributed by atoms with van der Waals surface area (Å²) in [7, 11) is 2.91. The Morgan fingerprint density at radius 3 is 2.27 bits per heavy atom. The molecule has 0 saturated heterocycles. The van der Waals surface area contributed by atoms with Gasteiger partial charge in [0.1, 0.15) is 18.1 Å². The number of amides is 1. The standard InChI is InChI=1S/C27H23NO5/c1-31-24-15-12-20(26(29)28-22-13-10-19(11-14-22)27(30)32-2)16-21(24)17-33-25-9-5-7-18-6-3-4-8-23(18)25/h3-16H,17H2,1-2H3,(H,28,29). The molecule has 4 aromatic rings. The van der Waals surface area contributed by atoms with Crippen molar-refractivity contribution in [1.29, 1.82) is 0 Å². The minimum absolute atomic E-state index is 0.242. The van der Waals surface area contributed by atoms with Crippen LogP contribution in [0.3, 0.4) is 0 Å². The summed E-state index contributed by atoms with van der Waals surface area (Å²) in [5.41, 5.74) is 2.19. The molecule has 0 bridgehead atoms. The largest absolute Gasteiger partial charge is 0.496 e. The molecule has 6 heteroatoms. The van der Waals surface area contributed by atoms with Crippen LogP contribution in [0.25, 0.3) is 10.8 Å². The summed E-state index contributed by atoms with van der Waals surface area (Å²) >= 11 is 0. The van der Waals surface area contributed by atoms with Crippen LogP contribution in [-0.4, -0.2) is 26.1 Å². The maximum atomic E-state index is 12.8. The summed E-state index contributed by atoms with van der Waals surface area (Å²) < 4.78 is 16.2. The third-order valence-electron chi connectivity index (χ3n) is 5.24. The van der Waals surface area contributed by atoms with Gasteiger partial charge in [0, 0.05) is 22.2 Å². The molecule has 0 heterocycles. The number of esters is 1. The Morgan fingerprint density at radius 2 is 1.52 bits per heavy atom. The van der Waals surface area contributed by atoms with Crippen molar-refractivity contribution >= 4 is 28.3 Å². The number of carbonyl (C=O) groups is 2. The monoisotopic (exact) mass is 441 g/mol. The van der Waals surface area contributed by atoms with E-state index in [1.54, 1.807) is 49.6 Å². The molecule has 166 valence electrons. The van der Waals surface area contributed by atoms with Crippen molar-refractivity contribution in [2.24, 2.45) is 0 Å². The van der Waals surface area contributed by atoms with E-state index in [1.165, 1.54) is 7.11 Å². The van der Waals surface area contributed by atoms with Gasteiger partial charge >= 0.3 is 5.97 Å². The van der Waals surface area contributed by atoms with Crippen LogP contribution in [-0.2, 0) is 11.3 Å². The van der Waals surface area contributed by atoms with Gasteiger partial charge in [-0.1, -0.05) is 36.4 Å². The Labute approximate surface area is 191 Å². The lowest BCUT2D eigenvalue weighted by molar-refractivity contribution is 0.0600. The number of hydrogen-bond acceptors (Lipinski definition) is 5. The molecular formula is C27H23NO5. The molecule has 0 atom stereocenters. The van der Waals surface area contributed by atoms with Gasteiger partial charge in [-0.05, 0) is 53.9 Å². The molecule has 0 saturated carbocycles. The quantitative estimate of drug-likeness (QED) is 0.385. The number of fused-ring (bicyclic) bond motifs is 1. The topological polar surface area (TPSA) is 73.9 Å². The first-order chi connectivity index (χ1) is 16.1. The highest BCUT2D eigenvalue weighted by Crippen LogP contribution is 2.28. The third kappa shape index (κ3) is 4.96. The molecule has 0 aliphatic carbocycles. The van der Waals surface area contributed by atoms with E-state index < -0.39 is 5.97 Å². The highest BCUT2D eigenvalue weighted by Gasteiger charge is 2.13. The fraction of sp³-hybridized carbons (Fsp3) is 0.111. The van der Waals surface area contributed by atoms with Crippen molar-refractivity contribution in [3.05, 3.63) is 102 Å². The SMILES string of the molecule is COC(=O)c1ccc(NC(=O)c2ccc(OC)c(COc3cccc4ccccc34)c2)cc1. The van der Waals surface area contributed by atoms with Gasteiger partial charge in [-0.2, -0.15) is 0 Å². The molecule has 1 N–H and O–H groups in total.